The minimum absolute atomic E-state index is 0.0432. The lowest BCUT2D eigenvalue weighted by atomic mass is 9.44. The van der Waals surface area contributed by atoms with Crippen molar-refractivity contribution in [2.45, 2.75) is 101 Å². The zero-order valence-electron chi connectivity index (χ0n) is 29.0. The van der Waals surface area contributed by atoms with Crippen LogP contribution in [0.2, 0.25) is 0 Å². The molecule has 4 aliphatic rings. The summed E-state index contributed by atoms with van der Waals surface area (Å²) in [4.78, 5) is 54.9. The Kier molecular flexibility index (Phi) is 9.31. The summed E-state index contributed by atoms with van der Waals surface area (Å²) < 4.78 is 23.8. The topological polar surface area (TPSA) is 206 Å². The number of esters is 3. The number of fused-ring (bicyclic) bond motifs is 5. The Bertz CT molecular complexity index is 1740. The summed E-state index contributed by atoms with van der Waals surface area (Å²) in [5, 5.41) is 58.6. The third-order valence-electron chi connectivity index (χ3n) is 11.9. The van der Waals surface area contributed by atoms with Gasteiger partial charge in [-0.05, 0) is 42.7 Å². The maximum Gasteiger partial charge on any atom is 0.338 e. The summed E-state index contributed by atoms with van der Waals surface area (Å²) in [7, 11) is 0. The molecule has 2 bridgehead atoms. The van der Waals surface area contributed by atoms with Crippen LogP contribution in [0.15, 0.2) is 71.8 Å². The van der Waals surface area contributed by atoms with Crippen molar-refractivity contribution in [3.8, 4) is 0 Å². The summed E-state index contributed by atoms with van der Waals surface area (Å²) in [6, 6.07) is 15.8. The fraction of sp³-hybridized carbons (Fsp3) is 0.526. The molecule has 13 nitrogen and oxygen atoms in total. The molecule has 0 amide bonds. The van der Waals surface area contributed by atoms with Gasteiger partial charge in [-0.15, -0.1) is 0 Å². The maximum atomic E-state index is 14.8. The molecule has 0 aromatic heterocycles. The molecule has 2 saturated carbocycles. The van der Waals surface area contributed by atoms with Crippen molar-refractivity contribution in [1.29, 1.82) is 0 Å². The highest BCUT2D eigenvalue weighted by Gasteiger charge is 2.78. The summed E-state index contributed by atoms with van der Waals surface area (Å²) in [6.07, 6.45) is -12.0. The average Bonchev–Trinajstić information content (AvgIpc) is 3.09. The molecule has 0 radical (unpaired) electrons. The first-order chi connectivity index (χ1) is 23.9. The number of carbonyl (C=O) groups excluding carboxylic acids is 4. The zero-order valence-corrected chi connectivity index (χ0v) is 29.0. The van der Waals surface area contributed by atoms with Crippen molar-refractivity contribution < 1.29 is 63.7 Å². The first kappa shape index (κ1) is 36.8. The van der Waals surface area contributed by atoms with Crippen molar-refractivity contribution in [1.82, 2.24) is 0 Å². The van der Waals surface area contributed by atoms with Crippen LogP contribution in [0.3, 0.4) is 0 Å². The van der Waals surface area contributed by atoms with Gasteiger partial charge in [-0.3, -0.25) is 9.59 Å². The minimum Gasteiger partial charge on any atom is -0.456 e. The monoisotopic (exact) mass is 708 g/mol. The fourth-order valence-electron chi connectivity index (χ4n) is 8.95. The molecular formula is C38H44O13. The zero-order chi connectivity index (χ0) is 37.3. The molecule has 0 unspecified atom stereocenters. The molecule has 6 rings (SSSR count). The predicted octanol–water partition coefficient (Wildman–Crippen LogP) is 1.73. The number of carbonyl (C=O) groups is 4. The number of hydrogen-bond acceptors (Lipinski definition) is 13. The molecule has 3 aliphatic carbocycles. The average molecular weight is 709 g/mol. The van der Waals surface area contributed by atoms with Crippen LogP contribution >= 0.6 is 0 Å². The molecule has 274 valence electrons. The van der Waals surface area contributed by atoms with Gasteiger partial charge < -0.3 is 44.5 Å². The number of ketones is 1. The van der Waals surface area contributed by atoms with Gasteiger partial charge in [-0.2, -0.15) is 0 Å². The van der Waals surface area contributed by atoms with E-state index in [0.29, 0.717) is 0 Å². The molecule has 13 heteroatoms. The van der Waals surface area contributed by atoms with E-state index in [1.54, 1.807) is 50.2 Å². The third-order valence-corrected chi connectivity index (χ3v) is 11.9. The number of aliphatic hydroxyl groups is 5. The van der Waals surface area contributed by atoms with E-state index in [0.717, 1.165) is 6.92 Å². The quantitative estimate of drug-likeness (QED) is 0.158. The molecule has 2 aromatic carbocycles. The van der Waals surface area contributed by atoms with Crippen LogP contribution in [0.1, 0.15) is 69.5 Å². The Morgan fingerprint density at radius 3 is 2.12 bits per heavy atom. The number of rotatable bonds is 7. The highest BCUT2D eigenvalue weighted by Crippen LogP contribution is 2.64. The van der Waals surface area contributed by atoms with E-state index in [1.807, 2.05) is 0 Å². The minimum atomic E-state index is -2.31. The van der Waals surface area contributed by atoms with Crippen molar-refractivity contribution >= 4 is 23.7 Å². The van der Waals surface area contributed by atoms with Crippen molar-refractivity contribution in [2.75, 3.05) is 6.61 Å². The first-order valence-corrected chi connectivity index (χ1v) is 16.9. The number of hydrogen-bond donors (Lipinski definition) is 5. The Morgan fingerprint density at radius 2 is 1.55 bits per heavy atom. The van der Waals surface area contributed by atoms with E-state index in [-0.39, 0.29) is 35.3 Å². The number of aliphatic hydroxyl groups excluding tert-OH is 4. The molecule has 2 aromatic rings. The normalized spacial score (nSPS) is 36.5. The summed E-state index contributed by atoms with van der Waals surface area (Å²) >= 11 is 0. The molecule has 3 fully saturated rings. The van der Waals surface area contributed by atoms with Crippen LogP contribution in [0.4, 0.5) is 0 Å². The second-order valence-electron chi connectivity index (χ2n) is 14.9. The largest absolute Gasteiger partial charge is 0.456 e. The van der Waals surface area contributed by atoms with E-state index in [4.69, 9.17) is 18.9 Å². The van der Waals surface area contributed by atoms with Crippen molar-refractivity contribution in [2.24, 2.45) is 16.7 Å². The van der Waals surface area contributed by atoms with E-state index in [1.165, 1.54) is 38.1 Å². The highest BCUT2D eigenvalue weighted by molar-refractivity contribution is 5.94. The molecule has 1 heterocycles. The predicted molar refractivity (Wildman–Crippen MR) is 176 cm³/mol. The van der Waals surface area contributed by atoms with Gasteiger partial charge in [-0.25, -0.2) is 9.59 Å². The lowest BCUT2D eigenvalue weighted by Crippen LogP contribution is -2.81. The molecule has 11 atom stereocenters. The van der Waals surface area contributed by atoms with E-state index in [9.17, 15) is 44.7 Å². The van der Waals surface area contributed by atoms with Crippen LogP contribution in [0.25, 0.3) is 0 Å². The summed E-state index contributed by atoms with van der Waals surface area (Å²) in [5.74, 6) is -5.30. The third kappa shape index (κ3) is 5.53. The van der Waals surface area contributed by atoms with Crippen molar-refractivity contribution in [3.63, 3.8) is 0 Å². The number of ether oxygens (including phenoxy) is 4. The molecular weight excluding hydrogens is 664 g/mol. The molecule has 51 heavy (non-hydrogen) atoms. The van der Waals surface area contributed by atoms with Gasteiger partial charge >= 0.3 is 17.9 Å². The van der Waals surface area contributed by atoms with Crippen LogP contribution < -0.4 is 0 Å². The second kappa shape index (κ2) is 12.9. The van der Waals surface area contributed by atoms with E-state index >= 15 is 0 Å². The second-order valence-corrected chi connectivity index (χ2v) is 14.9. The lowest BCUT2D eigenvalue weighted by molar-refractivity contribution is -0.346. The van der Waals surface area contributed by atoms with Gasteiger partial charge in [0.05, 0.1) is 29.6 Å². The van der Waals surface area contributed by atoms with Gasteiger partial charge in [-0.1, -0.05) is 62.4 Å². The maximum absolute atomic E-state index is 14.8. The van der Waals surface area contributed by atoms with Crippen LogP contribution in [0, 0.1) is 16.7 Å². The summed E-state index contributed by atoms with van der Waals surface area (Å²) in [5.41, 5.74) is -7.11. The fourth-order valence-corrected chi connectivity index (χ4v) is 8.95. The molecule has 5 N–H and O–H groups in total. The Hall–Kier alpha value is -3.98. The van der Waals surface area contributed by atoms with Crippen LogP contribution in [-0.2, 0) is 33.3 Å². The Morgan fingerprint density at radius 1 is 0.941 bits per heavy atom. The Labute approximate surface area is 294 Å². The number of benzene rings is 2. The Balaban J connectivity index is 1.53. The molecule has 1 saturated heterocycles. The lowest BCUT2D eigenvalue weighted by Gasteiger charge is -2.67. The standard InChI is InChI=1S/C38H44O13/c1-19-23(49-34(46)29(43)27(41)21-12-8-6-9-13-21)17-38(47)32(50-33(45)22-14-10-7-11-15-22)30-36(5,31(44)28(42)26(19)35(38,3)4)24(40)16-25-37(30,18-48-25)51-20(2)39/h6-15,23-25,27-30,32,40-43,47H,16-18H2,1-5H3/t23-,24-,25+,27+,28+,29+,30-,32-,36+,37-,38-/m0/s1. The highest BCUT2D eigenvalue weighted by atomic mass is 16.6. The van der Waals surface area contributed by atoms with Crippen molar-refractivity contribution in [3.05, 3.63) is 82.9 Å². The molecule has 1 aliphatic heterocycles. The van der Waals surface area contributed by atoms with Gasteiger partial charge in [0.1, 0.15) is 36.1 Å². The van der Waals surface area contributed by atoms with Gasteiger partial charge in [0.2, 0.25) is 0 Å². The van der Waals surface area contributed by atoms with Crippen LogP contribution in [-0.4, -0.2) is 104 Å². The first-order valence-electron chi connectivity index (χ1n) is 16.9. The van der Waals surface area contributed by atoms with E-state index < -0.39 is 101 Å². The van der Waals surface area contributed by atoms with E-state index in [2.05, 4.69) is 0 Å². The molecule has 0 spiro atoms. The van der Waals surface area contributed by atoms with Gasteiger partial charge in [0.25, 0.3) is 0 Å². The van der Waals surface area contributed by atoms with Crippen LogP contribution in [0.5, 0.6) is 0 Å². The van der Waals surface area contributed by atoms with Gasteiger partial charge in [0.15, 0.2) is 17.5 Å². The summed E-state index contributed by atoms with van der Waals surface area (Å²) in [6.45, 7) is 6.88. The SMILES string of the molecule is CC(=O)O[C@@]12CO[C@@H]1C[C@H](O)[C@@]1(C)C(=O)[C@H](O)C3=C(C)[C@@H](OC(=O)[C@H](O)[C@H](O)c4ccccc4)C[C@](O)([C@@H](OC(=O)c4ccccc4)[C@H]21)C3(C)C. The smallest absolute Gasteiger partial charge is 0.338 e. The van der Waals surface area contributed by atoms with Gasteiger partial charge in [0, 0.05) is 25.2 Å². The number of Topliss-reactive ketones (excluding diaryl/α,β-unsaturated/α-hetero) is 1.